The van der Waals surface area contributed by atoms with Crippen molar-refractivity contribution in [2.45, 2.75) is 39.3 Å². The molecular weight excluding hydrogens is 670 g/mol. The Hall–Kier alpha value is -5.43. The highest BCUT2D eigenvalue weighted by molar-refractivity contribution is 7.07. The molecule has 0 N–H and O–H groups in total. The van der Waals surface area contributed by atoms with Crippen LogP contribution >= 0.6 is 22.9 Å². The summed E-state index contributed by atoms with van der Waals surface area (Å²) < 4.78 is 19.2. The highest BCUT2D eigenvalue weighted by Gasteiger charge is 2.35. The fraction of sp³-hybridized carbons (Fsp3) is 0.200. The van der Waals surface area contributed by atoms with Crippen LogP contribution in [0, 0.1) is 11.3 Å². The van der Waals surface area contributed by atoms with Crippen LogP contribution in [0.4, 0.5) is 0 Å². The lowest BCUT2D eigenvalue weighted by molar-refractivity contribution is -0.138. The molecule has 1 atom stereocenters. The molecule has 0 saturated heterocycles. The Kier molecular flexibility index (Phi) is 10.3. The number of fused-ring (bicyclic) bond motifs is 1. The number of carbonyl (C=O) groups is 1. The zero-order valence-electron chi connectivity index (χ0n) is 28.0. The SMILES string of the molecule is CCOC(=O)C1=C(c2ccccc2)N=c2s/c(=C\c3cc(Cl)c(OCc4ccccc4C#N)c(OC)c3)c(=O)n2[C@@H]1c1ccc(C(C)C)cc1. The first kappa shape index (κ1) is 34.4. The van der Waals surface area contributed by atoms with Gasteiger partial charge in [0.25, 0.3) is 5.56 Å². The number of ether oxygens (including phenoxy) is 3. The van der Waals surface area contributed by atoms with E-state index in [2.05, 4.69) is 19.9 Å². The van der Waals surface area contributed by atoms with Crippen LogP contribution < -0.4 is 24.4 Å². The molecule has 0 bridgehead atoms. The first-order valence-electron chi connectivity index (χ1n) is 16.1. The Balaban J connectivity index is 1.49. The third-order valence-corrected chi connectivity index (χ3v) is 9.62. The molecule has 6 rings (SSSR count). The number of nitriles is 1. The van der Waals surface area contributed by atoms with E-state index in [1.54, 1.807) is 41.8 Å². The van der Waals surface area contributed by atoms with E-state index in [0.717, 1.165) is 16.7 Å². The molecule has 1 aliphatic heterocycles. The zero-order chi connectivity index (χ0) is 35.4. The van der Waals surface area contributed by atoms with Crippen molar-refractivity contribution in [3.8, 4) is 17.6 Å². The lowest BCUT2D eigenvalue weighted by Crippen LogP contribution is -2.40. The summed E-state index contributed by atoms with van der Waals surface area (Å²) in [4.78, 5) is 33.5. The molecule has 1 aromatic heterocycles. The molecule has 0 spiro atoms. The van der Waals surface area contributed by atoms with Gasteiger partial charge in [0.2, 0.25) is 0 Å². The van der Waals surface area contributed by atoms with Gasteiger partial charge < -0.3 is 14.2 Å². The van der Waals surface area contributed by atoms with Crippen molar-refractivity contribution in [2.75, 3.05) is 13.7 Å². The number of carbonyl (C=O) groups excluding carboxylic acids is 1. The van der Waals surface area contributed by atoms with Gasteiger partial charge in [0.1, 0.15) is 6.61 Å². The molecule has 2 heterocycles. The molecule has 0 unspecified atom stereocenters. The Labute approximate surface area is 298 Å². The summed E-state index contributed by atoms with van der Waals surface area (Å²) in [6.07, 6.45) is 1.72. The Morgan fingerprint density at radius 1 is 1.06 bits per heavy atom. The largest absolute Gasteiger partial charge is 0.493 e. The van der Waals surface area contributed by atoms with E-state index in [9.17, 15) is 14.9 Å². The highest BCUT2D eigenvalue weighted by Crippen LogP contribution is 2.38. The third-order valence-electron chi connectivity index (χ3n) is 8.35. The average Bonchev–Trinajstić information content (AvgIpc) is 3.44. The van der Waals surface area contributed by atoms with Crippen molar-refractivity contribution < 1.29 is 19.0 Å². The fourth-order valence-electron chi connectivity index (χ4n) is 5.84. The molecule has 0 radical (unpaired) electrons. The predicted octanol–water partition coefficient (Wildman–Crippen LogP) is 7.17. The van der Waals surface area contributed by atoms with E-state index < -0.39 is 12.0 Å². The number of methoxy groups -OCH3 is 1. The summed E-state index contributed by atoms with van der Waals surface area (Å²) in [5.41, 5.74) is 4.89. The second-order valence-corrected chi connectivity index (χ2v) is 13.3. The van der Waals surface area contributed by atoms with Gasteiger partial charge >= 0.3 is 5.97 Å². The lowest BCUT2D eigenvalue weighted by Gasteiger charge is -2.26. The summed E-state index contributed by atoms with van der Waals surface area (Å²) in [7, 11) is 1.51. The van der Waals surface area contributed by atoms with Crippen LogP contribution in [0.2, 0.25) is 5.02 Å². The number of thiazole rings is 1. The maximum absolute atomic E-state index is 14.4. The van der Waals surface area contributed by atoms with Crippen molar-refractivity contribution in [3.63, 3.8) is 0 Å². The van der Waals surface area contributed by atoms with Gasteiger partial charge in [-0.15, -0.1) is 0 Å². The van der Waals surface area contributed by atoms with Gasteiger partial charge in [0.05, 0.1) is 52.2 Å². The normalized spacial score (nSPS) is 14.2. The van der Waals surface area contributed by atoms with Crippen molar-refractivity contribution >= 4 is 40.7 Å². The van der Waals surface area contributed by atoms with Crippen LogP contribution in [0.1, 0.15) is 66.1 Å². The molecule has 0 saturated carbocycles. The van der Waals surface area contributed by atoms with E-state index in [1.807, 2.05) is 66.7 Å². The quantitative estimate of drug-likeness (QED) is 0.143. The molecule has 252 valence electrons. The first-order valence-corrected chi connectivity index (χ1v) is 17.3. The second kappa shape index (κ2) is 15.0. The fourth-order valence-corrected chi connectivity index (χ4v) is 7.11. The third kappa shape index (κ3) is 6.86. The van der Waals surface area contributed by atoms with E-state index >= 15 is 0 Å². The summed E-state index contributed by atoms with van der Waals surface area (Å²) in [5, 5.41) is 9.74. The molecule has 5 aromatic rings. The Bertz CT molecular complexity index is 2320. The summed E-state index contributed by atoms with van der Waals surface area (Å²) in [6.45, 7) is 6.26. The van der Waals surface area contributed by atoms with Crippen molar-refractivity contribution in [1.82, 2.24) is 4.57 Å². The van der Waals surface area contributed by atoms with Gasteiger partial charge in [-0.1, -0.05) is 110 Å². The van der Waals surface area contributed by atoms with Crippen LogP contribution in [-0.2, 0) is 16.1 Å². The maximum Gasteiger partial charge on any atom is 0.338 e. The highest BCUT2D eigenvalue weighted by atomic mass is 35.5. The summed E-state index contributed by atoms with van der Waals surface area (Å²) in [5.74, 6) is 0.453. The minimum atomic E-state index is -0.783. The van der Waals surface area contributed by atoms with Crippen LogP contribution in [0.3, 0.4) is 0 Å². The molecule has 8 nitrogen and oxygen atoms in total. The van der Waals surface area contributed by atoms with Gasteiger partial charge in [-0.2, -0.15) is 5.26 Å². The van der Waals surface area contributed by atoms with Crippen LogP contribution in [0.25, 0.3) is 11.8 Å². The Morgan fingerprint density at radius 2 is 1.78 bits per heavy atom. The van der Waals surface area contributed by atoms with Gasteiger partial charge in [-0.3, -0.25) is 9.36 Å². The number of nitrogens with zero attached hydrogens (tertiary/aromatic N) is 3. The number of aromatic nitrogens is 1. The summed E-state index contributed by atoms with van der Waals surface area (Å²) in [6, 6.07) is 29.4. The first-order chi connectivity index (χ1) is 24.2. The van der Waals surface area contributed by atoms with Gasteiger partial charge in [0.15, 0.2) is 16.3 Å². The standard InChI is InChI=1S/C40H34ClN3O5S/c1-5-48-39(46)34-35(27-11-7-6-8-12-27)43-40-44(36(34)28-17-15-26(16-18-28)24(2)3)38(45)33(50-40)21-25-19-31(41)37(32(20-25)47-4)49-23-30-14-10-9-13-29(30)22-42/h6-21,24,36H,5,23H2,1-4H3/b33-21-/t36-/m1/s1. The van der Waals surface area contributed by atoms with Crippen molar-refractivity contribution in [3.05, 3.63) is 155 Å². The molecule has 0 amide bonds. The minimum Gasteiger partial charge on any atom is -0.493 e. The molecule has 10 heteroatoms. The average molecular weight is 704 g/mol. The van der Waals surface area contributed by atoms with E-state index in [-0.39, 0.29) is 23.8 Å². The second-order valence-electron chi connectivity index (χ2n) is 11.8. The topological polar surface area (TPSA) is 103 Å². The molecule has 4 aromatic carbocycles. The number of halogens is 1. The van der Waals surface area contributed by atoms with Crippen LogP contribution in [-0.4, -0.2) is 24.3 Å². The van der Waals surface area contributed by atoms with Gasteiger partial charge in [0, 0.05) is 11.1 Å². The maximum atomic E-state index is 14.4. The number of hydrogen-bond acceptors (Lipinski definition) is 8. The summed E-state index contributed by atoms with van der Waals surface area (Å²) >= 11 is 7.94. The van der Waals surface area contributed by atoms with E-state index in [1.165, 1.54) is 18.4 Å². The Morgan fingerprint density at radius 3 is 2.46 bits per heavy atom. The van der Waals surface area contributed by atoms with E-state index in [4.69, 9.17) is 30.8 Å². The van der Waals surface area contributed by atoms with Crippen LogP contribution in [0.5, 0.6) is 11.5 Å². The van der Waals surface area contributed by atoms with Gasteiger partial charge in [-0.05, 0) is 53.8 Å². The zero-order valence-corrected chi connectivity index (χ0v) is 29.5. The number of rotatable bonds is 10. The smallest absolute Gasteiger partial charge is 0.338 e. The van der Waals surface area contributed by atoms with Gasteiger partial charge in [-0.25, -0.2) is 9.79 Å². The van der Waals surface area contributed by atoms with E-state index in [0.29, 0.717) is 54.7 Å². The lowest BCUT2D eigenvalue weighted by atomic mass is 9.91. The molecule has 50 heavy (non-hydrogen) atoms. The number of esters is 1. The van der Waals surface area contributed by atoms with Crippen molar-refractivity contribution in [2.24, 2.45) is 4.99 Å². The number of benzene rings is 4. The minimum absolute atomic E-state index is 0.114. The number of hydrogen-bond donors (Lipinski definition) is 0. The molecule has 0 aliphatic carbocycles. The molecular formula is C40H34ClN3O5S. The molecule has 1 aliphatic rings. The monoisotopic (exact) mass is 703 g/mol. The van der Waals surface area contributed by atoms with Crippen molar-refractivity contribution in [1.29, 1.82) is 5.26 Å². The molecule has 0 fully saturated rings. The predicted molar refractivity (Wildman–Crippen MR) is 195 cm³/mol. The van der Waals surface area contributed by atoms with Crippen LogP contribution in [0.15, 0.2) is 106 Å².